The third-order valence-electron chi connectivity index (χ3n) is 11.4. The van der Waals surface area contributed by atoms with E-state index in [9.17, 15) is 0 Å². The second kappa shape index (κ2) is 12.9. The number of hydrogen-bond acceptors (Lipinski definition) is 3. The first kappa shape index (κ1) is 32.1. The molecule has 8 aromatic carbocycles. The van der Waals surface area contributed by atoms with Crippen LogP contribution in [0.3, 0.4) is 0 Å². The predicted octanol–water partition coefficient (Wildman–Crippen LogP) is 13.4. The average molecular weight is 715 g/mol. The Morgan fingerprint density at radius 1 is 0.339 bits per heavy atom. The summed E-state index contributed by atoms with van der Waals surface area (Å²) in [4.78, 5) is 10.4. The third-order valence-corrected chi connectivity index (χ3v) is 11.4. The van der Waals surface area contributed by atoms with Gasteiger partial charge in [-0.3, -0.25) is 0 Å². The van der Waals surface area contributed by atoms with Crippen LogP contribution in [0.15, 0.2) is 211 Å². The lowest BCUT2D eigenvalue weighted by Gasteiger charge is -2.34. The van der Waals surface area contributed by atoms with Crippen LogP contribution in [0.4, 0.5) is 0 Å². The molecule has 0 unspecified atom stereocenters. The van der Waals surface area contributed by atoms with Gasteiger partial charge >= 0.3 is 0 Å². The zero-order valence-electron chi connectivity index (χ0n) is 30.4. The van der Waals surface area contributed by atoms with Gasteiger partial charge in [0, 0.05) is 27.5 Å². The van der Waals surface area contributed by atoms with Crippen molar-refractivity contribution in [2.45, 2.75) is 5.41 Å². The van der Waals surface area contributed by atoms with Gasteiger partial charge in [-0.05, 0) is 74.8 Å². The van der Waals surface area contributed by atoms with Crippen LogP contribution in [-0.4, -0.2) is 9.97 Å². The minimum atomic E-state index is -0.453. The number of hydrogen-bond donors (Lipinski definition) is 0. The summed E-state index contributed by atoms with van der Waals surface area (Å²) in [6.45, 7) is 0. The lowest BCUT2D eigenvalue weighted by Crippen LogP contribution is -2.28. The maximum atomic E-state index is 6.13. The smallest absolute Gasteiger partial charge is 0.160 e. The molecule has 0 radical (unpaired) electrons. The molecule has 262 valence electrons. The number of nitrogens with zero attached hydrogens (tertiary/aromatic N) is 2. The highest BCUT2D eigenvalue weighted by Gasteiger charge is 2.45. The summed E-state index contributed by atoms with van der Waals surface area (Å²) < 4.78 is 6.13. The van der Waals surface area contributed by atoms with Gasteiger partial charge in [-0.25, -0.2) is 9.97 Å². The van der Waals surface area contributed by atoms with Crippen molar-refractivity contribution in [1.82, 2.24) is 9.97 Å². The molecule has 0 saturated carbocycles. The van der Waals surface area contributed by atoms with Crippen molar-refractivity contribution in [3.05, 3.63) is 229 Å². The molecule has 2 heterocycles. The summed E-state index contributed by atoms with van der Waals surface area (Å²) in [6.07, 6.45) is 0. The Hall–Kier alpha value is -7.36. The molecular formula is C53H34N2O. The Morgan fingerprint density at radius 2 is 0.875 bits per heavy atom. The van der Waals surface area contributed by atoms with Crippen LogP contribution < -0.4 is 0 Å². The Balaban J connectivity index is 1.04. The second-order valence-corrected chi connectivity index (χ2v) is 14.5. The number of aromatic nitrogens is 2. The largest absolute Gasteiger partial charge is 0.456 e. The molecule has 0 atom stereocenters. The third kappa shape index (κ3) is 5.05. The van der Waals surface area contributed by atoms with Gasteiger partial charge in [0.15, 0.2) is 5.82 Å². The van der Waals surface area contributed by atoms with E-state index in [1.165, 1.54) is 33.4 Å². The van der Waals surface area contributed by atoms with Crippen molar-refractivity contribution in [2.24, 2.45) is 0 Å². The van der Waals surface area contributed by atoms with E-state index in [0.29, 0.717) is 5.82 Å². The number of furan rings is 1. The van der Waals surface area contributed by atoms with E-state index in [0.717, 1.165) is 61.1 Å². The molecule has 0 N–H and O–H groups in total. The molecule has 0 saturated heterocycles. The van der Waals surface area contributed by atoms with Crippen molar-refractivity contribution < 1.29 is 4.42 Å². The minimum absolute atomic E-state index is 0.453. The van der Waals surface area contributed by atoms with Gasteiger partial charge in [0.05, 0.1) is 16.8 Å². The summed E-state index contributed by atoms with van der Waals surface area (Å²) in [5, 5.41) is 2.23. The average Bonchev–Trinajstić information content (AvgIpc) is 3.81. The highest BCUT2D eigenvalue weighted by Crippen LogP contribution is 2.56. The fraction of sp³-hybridized carbons (Fsp3) is 0.0189. The highest BCUT2D eigenvalue weighted by molar-refractivity contribution is 6.06. The van der Waals surface area contributed by atoms with Gasteiger partial charge in [-0.1, -0.05) is 176 Å². The number of benzene rings is 8. The summed E-state index contributed by atoms with van der Waals surface area (Å²) in [5.41, 5.74) is 16.0. The van der Waals surface area contributed by atoms with Crippen LogP contribution in [-0.2, 0) is 5.41 Å². The zero-order valence-corrected chi connectivity index (χ0v) is 30.4. The van der Waals surface area contributed by atoms with Crippen LogP contribution in [0.5, 0.6) is 0 Å². The topological polar surface area (TPSA) is 38.9 Å². The van der Waals surface area contributed by atoms with Crippen molar-refractivity contribution in [2.75, 3.05) is 0 Å². The van der Waals surface area contributed by atoms with Crippen LogP contribution in [0, 0.1) is 0 Å². The molecule has 0 spiro atoms. The molecule has 11 rings (SSSR count). The van der Waals surface area contributed by atoms with E-state index in [-0.39, 0.29) is 0 Å². The Morgan fingerprint density at radius 3 is 1.62 bits per heavy atom. The molecule has 0 amide bonds. The van der Waals surface area contributed by atoms with Gasteiger partial charge in [0.1, 0.15) is 11.2 Å². The summed E-state index contributed by atoms with van der Waals surface area (Å²) in [5.74, 6) is 0.693. The quantitative estimate of drug-likeness (QED) is 0.172. The first-order valence-electron chi connectivity index (χ1n) is 19.1. The molecule has 1 aliphatic carbocycles. The number of para-hydroxylation sites is 1. The van der Waals surface area contributed by atoms with E-state index in [4.69, 9.17) is 14.4 Å². The zero-order chi connectivity index (χ0) is 37.1. The van der Waals surface area contributed by atoms with Gasteiger partial charge in [-0.15, -0.1) is 0 Å². The van der Waals surface area contributed by atoms with E-state index < -0.39 is 5.41 Å². The van der Waals surface area contributed by atoms with Gasteiger partial charge < -0.3 is 4.42 Å². The summed E-state index contributed by atoms with van der Waals surface area (Å²) >= 11 is 0. The fourth-order valence-corrected chi connectivity index (χ4v) is 8.83. The summed E-state index contributed by atoms with van der Waals surface area (Å²) in [6, 6.07) is 73.3. The van der Waals surface area contributed by atoms with Crippen LogP contribution in [0.2, 0.25) is 0 Å². The molecule has 0 aliphatic heterocycles. The minimum Gasteiger partial charge on any atom is -0.456 e. The fourth-order valence-electron chi connectivity index (χ4n) is 8.83. The highest BCUT2D eigenvalue weighted by atomic mass is 16.3. The maximum absolute atomic E-state index is 6.13. The van der Waals surface area contributed by atoms with Crippen molar-refractivity contribution >= 4 is 21.9 Å². The summed E-state index contributed by atoms with van der Waals surface area (Å²) in [7, 11) is 0. The van der Waals surface area contributed by atoms with E-state index >= 15 is 0 Å². The van der Waals surface area contributed by atoms with Gasteiger partial charge in [0.25, 0.3) is 0 Å². The Labute approximate surface area is 325 Å². The van der Waals surface area contributed by atoms with E-state index in [1.54, 1.807) is 0 Å². The second-order valence-electron chi connectivity index (χ2n) is 14.5. The maximum Gasteiger partial charge on any atom is 0.160 e. The Bertz CT molecular complexity index is 3030. The number of rotatable bonds is 6. The molecule has 0 fully saturated rings. The molecular weight excluding hydrogens is 681 g/mol. The Kier molecular flexibility index (Phi) is 7.39. The standard InChI is InChI=1S/C53H34N2O/c1-3-14-36(15-4-1)52-54-48(34-49(55-52)39-17-13-16-37(32-39)38-28-31-51-45(33-38)44-22-9-12-25-50(44)56-51)35-26-29-41(30-27-35)53(40-18-5-2-6-19-40)46-23-10-7-20-42(46)43-21-8-11-24-47(43)53/h1-34H. The normalized spacial score (nSPS) is 12.8. The lowest BCUT2D eigenvalue weighted by molar-refractivity contribution is 0.669. The first-order chi connectivity index (χ1) is 27.7. The van der Waals surface area contributed by atoms with Crippen LogP contribution >= 0.6 is 0 Å². The lowest BCUT2D eigenvalue weighted by atomic mass is 9.67. The predicted molar refractivity (Wildman–Crippen MR) is 228 cm³/mol. The van der Waals surface area contributed by atoms with Crippen molar-refractivity contribution in [3.63, 3.8) is 0 Å². The van der Waals surface area contributed by atoms with E-state index in [2.05, 4.69) is 176 Å². The molecule has 3 heteroatoms. The SMILES string of the molecule is c1ccc(-c2nc(-c3ccc(C4(c5ccccc5)c5ccccc5-c5ccccc54)cc3)cc(-c3cccc(-c4ccc5oc6ccccc6c5c4)c3)n2)cc1. The number of fused-ring (bicyclic) bond motifs is 6. The molecule has 1 aliphatic rings. The molecule has 10 aromatic rings. The van der Waals surface area contributed by atoms with E-state index in [1.807, 2.05) is 30.3 Å². The molecule has 0 bridgehead atoms. The monoisotopic (exact) mass is 714 g/mol. The molecule has 2 aromatic heterocycles. The van der Waals surface area contributed by atoms with Crippen LogP contribution in [0.25, 0.3) is 78.1 Å². The molecule has 3 nitrogen and oxygen atoms in total. The van der Waals surface area contributed by atoms with Crippen LogP contribution in [0.1, 0.15) is 22.3 Å². The first-order valence-corrected chi connectivity index (χ1v) is 19.1. The van der Waals surface area contributed by atoms with Crippen molar-refractivity contribution in [3.8, 4) is 56.2 Å². The van der Waals surface area contributed by atoms with Crippen molar-refractivity contribution in [1.29, 1.82) is 0 Å². The van der Waals surface area contributed by atoms with Gasteiger partial charge in [0.2, 0.25) is 0 Å². The molecule has 56 heavy (non-hydrogen) atoms. The van der Waals surface area contributed by atoms with Gasteiger partial charge in [-0.2, -0.15) is 0 Å².